The van der Waals surface area contributed by atoms with Gasteiger partial charge in [0, 0.05) is 34.2 Å². The number of hydrogen-bond donors (Lipinski definition) is 2. The van der Waals surface area contributed by atoms with Gasteiger partial charge in [-0.05, 0) is 36.8 Å². The van der Waals surface area contributed by atoms with Crippen molar-refractivity contribution in [2.45, 2.75) is 24.3 Å². The number of primary sulfonamides is 1. The number of pyridine rings is 1. The second-order valence-electron chi connectivity index (χ2n) is 7.36. The van der Waals surface area contributed by atoms with E-state index in [-0.39, 0.29) is 32.1 Å². The highest BCUT2D eigenvalue weighted by atomic mass is 35.5. The van der Waals surface area contributed by atoms with Crippen molar-refractivity contribution in [1.29, 1.82) is 0 Å². The van der Waals surface area contributed by atoms with Crippen molar-refractivity contribution in [3.8, 4) is 5.75 Å². The van der Waals surface area contributed by atoms with Gasteiger partial charge in [0.25, 0.3) is 0 Å². The van der Waals surface area contributed by atoms with Crippen molar-refractivity contribution in [1.82, 2.24) is 4.98 Å². The molecule has 4 N–H and O–H groups in total. The molecule has 0 radical (unpaired) electrons. The zero-order chi connectivity index (χ0) is 23.9. The summed E-state index contributed by atoms with van der Waals surface area (Å²) in [6.07, 6.45) is 2.62. The van der Waals surface area contributed by atoms with E-state index < -0.39 is 21.9 Å². The summed E-state index contributed by atoms with van der Waals surface area (Å²) in [4.78, 5) is 4.20. The van der Waals surface area contributed by atoms with Gasteiger partial charge in [0.1, 0.15) is 11.9 Å². The second-order valence-corrected chi connectivity index (χ2v) is 9.71. The van der Waals surface area contributed by atoms with Crippen molar-refractivity contribution >= 4 is 50.0 Å². The number of fused-ring (bicyclic) bond motifs is 1. The Labute approximate surface area is 199 Å². The highest BCUT2D eigenvalue weighted by molar-refractivity contribution is 7.89. The molecule has 1 unspecified atom stereocenters. The Kier molecular flexibility index (Phi) is 6.24. The number of halogens is 3. The average molecular weight is 510 g/mol. The molecule has 1 atom stereocenters. The van der Waals surface area contributed by atoms with Crippen LogP contribution in [0.4, 0.5) is 10.2 Å². The van der Waals surface area contributed by atoms with E-state index >= 15 is 0 Å². The summed E-state index contributed by atoms with van der Waals surface area (Å²) in [6, 6.07) is 8.85. The van der Waals surface area contributed by atoms with Gasteiger partial charge in [0.2, 0.25) is 15.8 Å². The molecule has 0 fully saturated rings. The number of furan rings is 1. The summed E-state index contributed by atoms with van der Waals surface area (Å²) in [5, 5.41) is 5.93. The van der Waals surface area contributed by atoms with Crippen LogP contribution in [-0.4, -0.2) is 13.4 Å². The van der Waals surface area contributed by atoms with Gasteiger partial charge in [-0.25, -0.2) is 22.9 Å². The van der Waals surface area contributed by atoms with Gasteiger partial charge in [-0.2, -0.15) is 0 Å². The lowest BCUT2D eigenvalue weighted by atomic mass is 10.1. The minimum Gasteiger partial charge on any atom is -0.478 e. The monoisotopic (exact) mass is 509 g/mol. The molecule has 2 aromatic carbocycles. The molecule has 0 spiro atoms. The number of sulfonamides is 1. The molecule has 2 aromatic heterocycles. The van der Waals surface area contributed by atoms with Gasteiger partial charge in [0.05, 0.1) is 16.2 Å². The topological polar surface area (TPSA) is 121 Å². The molecule has 0 saturated carbocycles. The van der Waals surface area contributed by atoms with Crippen LogP contribution in [0.1, 0.15) is 29.7 Å². The Morgan fingerprint density at radius 2 is 2.00 bits per heavy atom. The summed E-state index contributed by atoms with van der Waals surface area (Å²) in [7, 11) is -3.83. The van der Waals surface area contributed by atoms with E-state index in [9.17, 15) is 12.8 Å². The van der Waals surface area contributed by atoms with Crippen LogP contribution in [0.25, 0.3) is 11.0 Å². The Morgan fingerprint density at radius 1 is 1.24 bits per heavy atom. The maximum absolute atomic E-state index is 14.0. The van der Waals surface area contributed by atoms with Gasteiger partial charge < -0.3 is 14.9 Å². The first kappa shape index (κ1) is 23.3. The highest BCUT2D eigenvalue weighted by Crippen LogP contribution is 2.40. The normalized spacial score (nSPS) is 12.8. The van der Waals surface area contributed by atoms with Crippen LogP contribution in [0.15, 0.2) is 58.2 Å². The maximum Gasteiger partial charge on any atom is 0.238 e. The fourth-order valence-electron chi connectivity index (χ4n) is 3.48. The Bertz CT molecular complexity index is 1470. The number of aromatic nitrogens is 1. The van der Waals surface area contributed by atoms with Crippen LogP contribution in [0.2, 0.25) is 10.0 Å². The summed E-state index contributed by atoms with van der Waals surface area (Å²) < 4.78 is 48.9. The van der Waals surface area contributed by atoms with E-state index in [0.717, 1.165) is 5.56 Å². The fourth-order valence-corrected chi connectivity index (χ4v) is 4.75. The molecule has 0 amide bonds. The molecular weight excluding hydrogens is 492 g/mol. The molecule has 172 valence electrons. The van der Waals surface area contributed by atoms with Gasteiger partial charge in [-0.15, -0.1) is 0 Å². The van der Waals surface area contributed by atoms with Crippen molar-refractivity contribution in [2.24, 2.45) is 5.14 Å². The zero-order valence-electron chi connectivity index (χ0n) is 17.2. The predicted molar refractivity (Wildman–Crippen MR) is 125 cm³/mol. The molecule has 4 rings (SSSR count). The molecule has 4 aromatic rings. The minimum atomic E-state index is -3.83. The number of benzene rings is 2. The number of rotatable bonds is 6. The quantitative estimate of drug-likeness (QED) is 0.343. The van der Waals surface area contributed by atoms with Crippen molar-refractivity contribution in [3.05, 3.63) is 81.4 Å². The minimum absolute atomic E-state index is 0.0110. The van der Waals surface area contributed by atoms with Crippen LogP contribution in [0.3, 0.4) is 0 Å². The predicted octanol–water partition coefficient (Wildman–Crippen LogP) is 5.23. The lowest BCUT2D eigenvalue weighted by Crippen LogP contribution is -2.12. The largest absolute Gasteiger partial charge is 0.478 e. The number of nitrogens with two attached hydrogens (primary N) is 2. The first-order valence-corrected chi connectivity index (χ1v) is 11.9. The molecule has 2 heterocycles. The standard InChI is InChI=1S/C22H18Cl2FN3O4S/c1-11(18-16(23)5-6-17(25)19(18)24)32-21-20-15(9-28-22(21)26)13(10-31-20)7-12-3-2-4-14(8-12)33(27,29)30/h2-6,8-11H,7H2,1H3,(H2,26,28)(H2,27,29,30). The molecule has 0 aliphatic carbocycles. The van der Waals surface area contributed by atoms with Crippen LogP contribution in [0, 0.1) is 5.82 Å². The van der Waals surface area contributed by atoms with Crippen LogP contribution in [-0.2, 0) is 16.4 Å². The number of ether oxygens (including phenoxy) is 1. The van der Waals surface area contributed by atoms with E-state index in [4.69, 9.17) is 43.2 Å². The molecule has 7 nitrogen and oxygen atoms in total. The summed E-state index contributed by atoms with van der Waals surface area (Å²) in [5.74, 6) is -0.408. The van der Waals surface area contributed by atoms with Crippen molar-refractivity contribution in [3.63, 3.8) is 0 Å². The lowest BCUT2D eigenvalue weighted by molar-refractivity contribution is 0.227. The maximum atomic E-state index is 14.0. The number of hydrogen-bond acceptors (Lipinski definition) is 6. The van der Waals surface area contributed by atoms with Crippen LogP contribution < -0.4 is 15.6 Å². The third kappa shape index (κ3) is 4.63. The Hall–Kier alpha value is -2.85. The molecule has 0 bridgehead atoms. The number of nitrogen functional groups attached to an aromatic ring is 1. The van der Waals surface area contributed by atoms with Crippen molar-refractivity contribution < 1.29 is 22.0 Å². The molecule has 11 heteroatoms. The second kappa shape index (κ2) is 8.83. The van der Waals surface area contributed by atoms with E-state index in [0.29, 0.717) is 23.0 Å². The van der Waals surface area contributed by atoms with Gasteiger partial charge in [0.15, 0.2) is 11.4 Å². The van der Waals surface area contributed by atoms with E-state index in [2.05, 4.69) is 4.98 Å². The summed E-state index contributed by atoms with van der Waals surface area (Å²) >= 11 is 12.3. The number of anilines is 1. The lowest BCUT2D eigenvalue weighted by Gasteiger charge is -2.18. The molecular formula is C22H18Cl2FN3O4S. The number of nitrogens with zero attached hydrogens (tertiary/aromatic N) is 1. The summed E-state index contributed by atoms with van der Waals surface area (Å²) in [5.41, 5.74) is 8.06. The third-order valence-corrected chi connectivity index (χ3v) is 6.71. The van der Waals surface area contributed by atoms with Gasteiger partial charge in [-0.3, -0.25) is 0 Å². The average Bonchev–Trinajstić information content (AvgIpc) is 3.15. The van der Waals surface area contributed by atoms with Crippen molar-refractivity contribution in [2.75, 3.05) is 5.73 Å². The fraction of sp³-hybridized carbons (Fsp3) is 0.136. The summed E-state index contributed by atoms with van der Waals surface area (Å²) in [6.45, 7) is 1.65. The highest BCUT2D eigenvalue weighted by Gasteiger charge is 2.23. The molecule has 0 aliphatic heterocycles. The molecule has 0 aliphatic rings. The van der Waals surface area contributed by atoms with E-state index in [1.165, 1.54) is 36.7 Å². The Balaban J connectivity index is 1.70. The SMILES string of the molecule is CC(Oc1c(N)ncc2c(Cc3cccc(S(N)(=O)=O)c3)coc12)c1c(Cl)ccc(F)c1Cl. The van der Waals surface area contributed by atoms with Gasteiger partial charge in [-0.1, -0.05) is 35.3 Å². The first-order valence-electron chi connectivity index (χ1n) is 9.62. The van der Waals surface area contributed by atoms with E-state index in [1.807, 2.05) is 0 Å². The van der Waals surface area contributed by atoms with E-state index in [1.54, 1.807) is 19.1 Å². The molecule has 33 heavy (non-hydrogen) atoms. The molecule has 0 saturated heterocycles. The van der Waals surface area contributed by atoms with Crippen LogP contribution in [0.5, 0.6) is 5.75 Å². The van der Waals surface area contributed by atoms with Gasteiger partial charge >= 0.3 is 0 Å². The smallest absolute Gasteiger partial charge is 0.238 e. The van der Waals surface area contributed by atoms with Crippen LogP contribution >= 0.6 is 23.2 Å². The third-order valence-electron chi connectivity index (χ3n) is 5.08. The first-order chi connectivity index (χ1) is 15.6. The Morgan fingerprint density at radius 3 is 2.73 bits per heavy atom. The zero-order valence-corrected chi connectivity index (χ0v) is 19.5.